The Hall–Kier alpha value is -1.58. The third-order valence-electron chi connectivity index (χ3n) is 5.77. The van der Waals surface area contributed by atoms with E-state index < -0.39 is 0 Å². The van der Waals surface area contributed by atoms with E-state index in [1.54, 1.807) is 0 Å². The van der Waals surface area contributed by atoms with Crippen molar-refractivity contribution < 1.29 is 19.1 Å². The summed E-state index contributed by atoms with van der Waals surface area (Å²) in [6.07, 6.45) is 33.0. The van der Waals surface area contributed by atoms with Crippen LogP contribution in [-0.4, -0.2) is 25.2 Å². The molecule has 0 heterocycles. The summed E-state index contributed by atoms with van der Waals surface area (Å²) in [4.78, 5) is 21.0. The highest BCUT2D eigenvalue weighted by atomic mass is 16.5. The highest BCUT2D eigenvalue weighted by Crippen LogP contribution is 2.09. The molecule has 0 fully saturated rings. The second-order valence-electron chi connectivity index (χ2n) is 9.39. The molecule has 0 saturated heterocycles. The first-order chi connectivity index (χ1) is 17.0. The average molecular weight is 495 g/mol. The lowest BCUT2D eigenvalue weighted by molar-refractivity contribution is -0.142. The molecular weight excluding hydrogens is 436 g/mol. The van der Waals surface area contributed by atoms with Gasteiger partial charge in [0.2, 0.25) is 0 Å². The van der Waals surface area contributed by atoms with E-state index in [9.17, 15) is 9.59 Å². The summed E-state index contributed by atoms with van der Waals surface area (Å²) in [7, 11) is 0. The van der Waals surface area contributed by atoms with Crippen LogP contribution >= 0.6 is 0 Å². The number of allylic oxidation sites excluding steroid dienone is 4. The monoisotopic (exact) mass is 494 g/mol. The molecule has 0 amide bonds. The molecule has 0 N–H and O–H groups in total. The molecule has 0 bridgehead atoms. The molecule has 206 valence electrons. The summed E-state index contributed by atoms with van der Waals surface area (Å²) in [6.45, 7) is 8.43. The van der Waals surface area contributed by atoms with Crippen molar-refractivity contribution >= 4 is 11.9 Å². The van der Waals surface area contributed by atoms with Gasteiger partial charge in [-0.3, -0.25) is 9.59 Å². The van der Waals surface area contributed by atoms with E-state index in [4.69, 9.17) is 9.47 Å². The zero-order chi connectivity index (χ0) is 26.2. The number of hydrogen-bond donors (Lipinski definition) is 0. The van der Waals surface area contributed by atoms with Gasteiger partial charge in [0.05, 0.1) is 13.2 Å². The van der Waals surface area contributed by atoms with Crippen molar-refractivity contribution in [2.45, 2.75) is 150 Å². The number of esters is 2. The number of rotatable bonds is 23. The van der Waals surface area contributed by atoms with Gasteiger partial charge in [-0.1, -0.05) is 95.4 Å². The van der Waals surface area contributed by atoms with Crippen LogP contribution in [0.4, 0.5) is 0 Å². The minimum Gasteiger partial charge on any atom is -0.466 e. The van der Waals surface area contributed by atoms with Crippen LogP contribution in [0.15, 0.2) is 24.3 Å². The molecule has 0 aromatic rings. The lowest BCUT2D eigenvalue weighted by Gasteiger charge is -2.01. The van der Waals surface area contributed by atoms with Crippen LogP contribution in [0.3, 0.4) is 0 Å². The molecule has 0 rings (SSSR count). The minimum atomic E-state index is -0.167. The fraction of sp³-hybridized carbons (Fsp3) is 0.806. The lowest BCUT2D eigenvalue weighted by Crippen LogP contribution is -1.99. The standard InChI is InChI=1S/C18H34O2.C13H24O2/c1-3-4-5-6-7-8-9-10-11-12-13-14-15-16-17-20-18(2)19;1-3-4-5-6-7-8-9-10-11-12-15-13(2)14/h11-12H,3-10,13-17H2,1-2H3;3-4H,5-12H2,1-2H3/b12-11+;4-3-. The van der Waals surface area contributed by atoms with E-state index >= 15 is 0 Å². The Morgan fingerprint density at radius 2 is 0.857 bits per heavy atom. The fourth-order valence-electron chi connectivity index (χ4n) is 3.67. The van der Waals surface area contributed by atoms with Crippen molar-refractivity contribution in [1.29, 1.82) is 0 Å². The van der Waals surface area contributed by atoms with Gasteiger partial charge < -0.3 is 9.47 Å². The normalized spacial score (nSPS) is 11.0. The molecule has 0 saturated carbocycles. The van der Waals surface area contributed by atoms with Crippen LogP contribution in [0.1, 0.15) is 150 Å². The van der Waals surface area contributed by atoms with Crippen LogP contribution in [-0.2, 0) is 19.1 Å². The van der Waals surface area contributed by atoms with Gasteiger partial charge in [0.15, 0.2) is 0 Å². The molecule has 0 aliphatic heterocycles. The number of carbonyl (C=O) groups is 2. The smallest absolute Gasteiger partial charge is 0.302 e. The predicted molar refractivity (Wildman–Crippen MR) is 151 cm³/mol. The molecule has 0 aliphatic rings. The second-order valence-corrected chi connectivity index (χ2v) is 9.39. The Morgan fingerprint density at radius 1 is 0.514 bits per heavy atom. The van der Waals surface area contributed by atoms with Crippen molar-refractivity contribution in [3.8, 4) is 0 Å². The van der Waals surface area contributed by atoms with Gasteiger partial charge in [-0.05, 0) is 64.7 Å². The van der Waals surface area contributed by atoms with Crippen molar-refractivity contribution in [3.05, 3.63) is 24.3 Å². The summed E-state index contributed by atoms with van der Waals surface area (Å²) < 4.78 is 9.75. The van der Waals surface area contributed by atoms with Gasteiger partial charge in [-0.2, -0.15) is 0 Å². The number of ether oxygens (including phenoxy) is 2. The quantitative estimate of drug-likeness (QED) is 0.0805. The van der Waals surface area contributed by atoms with Gasteiger partial charge in [-0.25, -0.2) is 0 Å². The number of unbranched alkanes of at least 4 members (excludes halogenated alkanes) is 16. The largest absolute Gasteiger partial charge is 0.466 e. The molecule has 4 nitrogen and oxygen atoms in total. The molecular formula is C31H58O4. The van der Waals surface area contributed by atoms with Gasteiger partial charge >= 0.3 is 11.9 Å². The lowest BCUT2D eigenvalue weighted by atomic mass is 10.1. The van der Waals surface area contributed by atoms with Crippen LogP contribution in [0.2, 0.25) is 0 Å². The molecule has 0 radical (unpaired) electrons. The molecule has 0 unspecified atom stereocenters. The van der Waals surface area contributed by atoms with Gasteiger partial charge in [0.25, 0.3) is 0 Å². The maximum absolute atomic E-state index is 10.5. The van der Waals surface area contributed by atoms with Crippen molar-refractivity contribution in [2.75, 3.05) is 13.2 Å². The van der Waals surface area contributed by atoms with Gasteiger partial charge in [0, 0.05) is 13.8 Å². The van der Waals surface area contributed by atoms with Gasteiger partial charge in [0.1, 0.15) is 0 Å². The molecule has 0 atom stereocenters. The minimum absolute atomic E-state index is 0.165. The summed E-state index contributed by atoms with van der Waals surface area (Å²) in [5, 5.41) is 0. The summed E-state index contributed by atoms with van der Waals surface area (Å²) in [5.74, 6) is -0.332. The topological polar surface area (TPSA) is 52.6 Å². The fourth-order valence-corrected chi connectivity index (χ4v) is 3.67. The SMILES string of the molecule is C/C=C\CCCCCCCCOC(C)=O.CCCCCCCCC/C=C/CCCCCOC(C)=O. The highest BCUT2D eigenvalue weighted by molar-refractivity contribution is 5.66. The average Bonchev–Trinajstić information content (AvgIpc) is 2.83. The van der Waals surface area contributed by atoms with E-state index in [1.165, 1.54) is 110 Å². The summed E-state index contributed by atoms with van der Waals surface area (Å²) >= 11 is 0. The molecule has 35 heavy (non-hydrogen) atoms. The molecule has 0 spiro atoms. The van der Waals surface area contributed by atoms with Crippen LogP contribution < -0.4 is 0 Å². The van der Waals surface area contributed by atoms with Crippen molar-refractivity contribution in [2.24, 2.45) is 0 Å². The second kappa shape index (κ2) is 32.4. The van der Waals surface area contributed by atoms with E-state index in [0.29, 0.717) is 13.2 Å². The highest BCUT2D eigenvalue weighted by Gasteiger charge is 1.94. The van der Waals surface area contributed by atoms with Crippen molar-refractivity contribution in [1.82, 2.24) is 0 Å². The Labute approximate surface area is 218 Å². The first-order valence-corrected chi connectivity index (χ1v) is 14.6. The summed E-state index contributed by atoms with van der Waals surface area (Å²) in [6, 6.07) is 0. The maximum atomic E-state index is 10.5. The molecule has 0 aliphatic carbocycles. The molecule has 4 heteroatoms. The Morgan fingerprint density at radius 3 is 1.26 bits per heavy atom. The number of hydrogen-bond acceptors (Lipinski definition) is 4. The van der Waals surface area contributed by atoms with Crippen LogP contribution in [0.5, 0.6) is 0 Å². The first kappa shape index (κ1) is 35.6. The summed E-state index contributed by atoms with van der Waals surface area (Å²) in [5.41, 5.74) is 0. The van der Waals surface area contributed by atoms with E-state index in [-0.39, 0.29) is 11.9 Å². The third-order valence-corrected chi connectivity index (χ3v) is 5.77. The van der Waals surface area contributed by atoms with Gasteiger partial charge in [-0.15, -0.1) is 0 Å². The Bertz CT molecular complexity index is 496. The predicted octanol–water partition coefficient (Wildman–Crippen LogP) is 9.66. The Balaban J connectivity index is 0. The van der Waals surface area contributed by atoms with E-state index in [1.807, 2.05) is 0 Å². The number of carbonyl (C=O) groups excluding carboxylic acids is 2. The van der Waals surface area contributed by atoms with Crippen molar-refractivity contribution in [3.63, 3.8) is 0 Å². The zero-order valence-electron chi connectivity index (χ0n) is 23.8. The van der Waals surface area contributed by atoms with E-state index in [0.717, 1.165) is 25.7 Å². The van der Waals surface area contributed by atoms with Crippen LogP contribution in [0, 0.1) is 0 Å². The molecule has 0 aromatic heterocycles. The maximum Gasteiger partial charge on any atom is 0.302 e. The molecule has 0 aromatic carbocycles. The Kier molecular flexibility index (Phi) is 33.0. The zero-order valence-corrected chi connectivity index (χ0v) is 23.8. The third kappa shape index (κ3) is 39.9. The first-order valence-electron chi connectivity index (χ1n) is 14.6. The van der Waals surface area contributed by atoms with Crippen LogP contribution in [0.25, 0.3) is 0 Å². The van der Waals surface area contributed by atoms with E-state index in [2.05, 4.69) is 38.2 Å².